The minimum absolute atomic E-state index is 0.0247. The predicted octanol–water partition coefficient (Wildman–Crippen LogP) is 1.90. The number of methoxy groups -OCH3 is 1. The summed E-state index contributed by atoms with van der Waals surface area (Å²) in [6.07, 6.45) is 0. The van der Waals surface area contributed by atoms with Crippen LogP contribution in [0.1, 0.15) is 11.1 Å². The monoisotopic (exact) mass is 403 g/mol. The molecule has 2 heterocycles. The van der Waals surface area contributed by atoms with E-state index in [1.807, 2.05) is 34.1 Å². The number of carbonyl (C=O) groups excluding carboxylic acids is 1. The third kappa shape index (κ3) is 5.78. The van der Waals surface area contributed by atoms with Gasteiger partial charge >= 0.3 is 0 Å². The van der Waals surface area contributed by atoms with Crippen molar-refractivity contribution in [2.75, 3.05) is 53.0 Å². The van der Waals surface area contributed by atoms with Gasteiger partial charge in [0.25, 0.3) is 0 Å². The lowest BCUT2D eigenvalue weighted by Crippen LogP contribution is -2.51. The smallest absolute Gasteiger partial charge is 0.236 e. The number of aliphatic hydroxyl groups excluding tert-OH is 1. The third-order valence-electron chi connectivity index (χ3n) is 5.07. The number of amides is 1. The standard InChI is InChI=1S/C21H29N3O3S/c1-27-20-5-3-2-4-19(20)15-23(11-12-25)16-21(26)24-9-7-22(8-10-24)14-18-6-13-28-17-18/h2-6,13,17,25H,7-12,14-16H2,1H3. The predicted molar refractivity (Wildman–Crippen MR) is 112 cm³/mol. The molecule has 0 atom stereocenters. The van der Waals surface area contributed by atoms with Gasteiger partial charge in [0.05, 0.1) is 20.3 Å². The molecule has 0 radical (unpaired) electrons. The van der Waals surface area contributed by atoms with Gasteiger partial charge in [-0.3, -0.25) is 14.6 Å². The molecule has 1 aliphatic rings. The van der Waals surface area contributed by atoms with Crippen molar-refractivity contribution in [3.8, 4) is 5.75 Å². The highest BCUT2D eigenvalue weighted by Gasteiger charge is 2.23. The maximum atomic E-state index is 12.8. The van der Waals surface area contributed by atoms with Crippen LogP contribution < -0.4 is 4.74 Å². The highest BCUT2D eigenvalue weighted by molar-refractivity contribution is 7.07. The highest BCUT2D eigenvalue weighted by atomic mass is 32.1. The van der Waals surface area contributed by atoms with Gasteiger partial charge in [-0.15, -0.1) is 0 Å². The molecule has 1 aliphatic heterocycles. The lowest BCUT2D eigenvalue weighted by molar-refractivity contribution is -0.134. The van der Waals surface area contributed by atoms with E-state index < -0.39 is 0 Å². The first-order valence-corrected chi connectivity index (χ1v) is 10.6. The third-order valence-corrected chi connectivity index (χ3v) is 5.80. The second kappa shape index (κ2) is 10.6. The van der Waals surface area contributed by atoms with Gasteiger partial charge in [-0.1, -0.05) is 18.2 Å². The Balaban J connectivity index is 1.51. The topological polar surface area (TPSA) is 56.3 Å². The van der Waals surface area contributed by atoms with E-state index in [1.165, 1.54) is 5.56 Å². The summed E-state index contributed by atoms with van der Waals surface area (Å²) in [7, 11) is 1.65. The minimum Gasteiger partial charge on any atom is -0.496 e. The second-order valence-electron chi connectivity index (χ2n) is 7.03. The van der Waals surface area contributed by atoms with E-state index in [2.05, 4.69) is 21.7 Å². The molecule has 0 spiro atoms. The molecule has 1 fully saturated rings. The van der Waals surface area contributed by atoms with E-state index in [9.17, 15) is 9.90 Å². The number of rotatable bonds is 9. The van der Waals surface area contributed by atoms with Crippen LogP contribution in [0, 0.1) is 0 Å². The number of ether oxygens (including phenoxy) is 1. The first-order chi connectivity index (χ1) is 13.7. The molecule has 0 saturated carbocycles. The number of piperazine rings is 1. The van der Waals surface area contributed by atoms with Crippen LogP contribution in [0.2, 0.25) is 0 Å². The molecule has 0 aliphatic carbocycles. The van der Waals surface area contributed by atoms with Crippen LogP contribution in [0.5, 0.6) is 5.75 Å². The molecule has 28 heavy (non-hydrogen) atoms. The van der Waals surface area contributed by atoms with Crippen LogP contribution in [0.4, 0.5) is 0 Å². The molecule has 152 valence electrons. The van der Waals surface area contributed by atoms with E-state index in [1.54, 1.807) is 18.4 Å². The average molecular weight is 404 g/mol. The fourth-order valence-corrected chi connectivity index (χ4v) is 4.18. The number of thiophene rings is 1. The van der Waals surface area contributed by atoms with Gasteiger partial charge in [0.15, 0.2) is 0 Å². The van der Waals surface area contributed by atoms with Crippen molar-refractivity contribution >= 4 is 17.2 Å². The lowest BCUT2D eigenvalue weighted by atomic mass is 10.2. The van der Waals surface area contributed by atoms with Gasteiger partial charge in [-0.2, -0.15) is 11.3 Å². The average Bonchev–Trinajstić information content (AvgIpc) is 3.22. The van der Waals surface area contributed by atoms with Crippen LogP contribution in [-0.2, 0) is 17.9 Å². The summed E-state index contributed by atoms with van der Waals surface area (Å²) in [6, 6.07) is 9.97. The van der Waals surface area contributed by atoms with Crippen LogP contribution in [0.3, 0.4) is 0 Å². The number of hydrogen-bond acceptors (Lipinski definition) is 6. The summed E-state index contributed by atoms with van der Waals surface area (Å²) in [6.45, 7) is 5.63. The van der Waals surface area contributed by atoms with Gasteiger partial charge in [0.1, 0.15) is 5.75 Å². The first kappa shape index (κ1) is 20.8. The largest absolute Gasteiger partial charge is 0.496 e. The zero-order chi connectivity index (χ0) is 19.8. The summed E-state index contributed by atoms with van der Waals surface area (Å²) in [5.41, 5.74) is 2.36. The van der Waals surface area contributed by atoms with Gasteiger partial charge in [-0.25, -0.2) is 0 Å². The van der Waals surface area contributed by atoms with E-state index >= 15 is 0 Å². The number of benzene rings is 1. The van der Waals surface area contributed by atoms with E-state index in [0.717, 1.165) is 44.0 Å². The SMILES string of the molecule is COc1ccccc1CN(CCO)CC(=O)N1CCN(Cc2ccsc2)CC1. The van der Waals surface area contributed by atoms with E-state index in [4.69, 9.17) is 4.74 Å². The van der Waals surface area contributed by atoms with Crippen molar-refractivity contribution in [1.29, 1.82) is 0 Å². The Morgan fingerprint density at radius 2 is 2.00 bits per heavy atom. The van der Waals surface area contributed by atoms with Gasteiger partial charge in [0, 0.05) is 51.4 Å². The maximum absolute atomic E-state index is 12.8. The van der Waals surface area contributed by atoms with Crippen molar-refractivity contribution in [3.63, 3.8) is 0 Å². The Kier molecular flexibility index (Phi) is 7.85. The molecule has 1 aromatic heterocycles. The summed E-state index contributed by atoms with van der Waals surface area (Å²) in [5.74, 6) is 0.929. The van der Waals surface area contributed by atoms with Crippen LogP contribution in [0.15, 0.2) is 41.1 Å². The summed E-state index contributed by atoms with van der Waals surface area (Å²) >= 11 is 1.72. The van der Waals surface area contributed by atoms with Crippen LogP contribution in [-0.4, -0.2) is 78.7 Å². The Morgan fingerprint density at radius 1 is 1.21 bits per heavy atom. The Bertz CT molecular complexity index is 730. The molecule has 3 rings (SSSR count). The van der Waals surface area contributed by atoms with E-state index in [-0.39, 0.29) is 12.5 Å². The fraction of sp³-hybridized carbons (Fsp3) is 0.476. The Labute approximate surface area is 170 Å². The van der Waals surface area contributed by atoms with Crippen molar-refractivity contribution in [1.82, 2.24) is 14.7 Å². The zero-order valence-electron chi connectivity index (χ0n) is 16.4. The molecule has 0 bridgehead atoms. The lowest BCUT2D eigenvalue weighted by Gasteiger charge is -2.35. The molecular formula is C21H29N3O3S. The van der Waals surface area contributed by atoms with Gasteiger partial charge in [0.2, 0.25) is 5.91 Å². The minimum atomic E-state index is 0.0247. The molecule has 0 unspecified atom stereocenters. The number of carbonyl (C=O) groups is 1. The molecule has 1 N–H and O–H groups in total. The van der Waals surface area contributed by atoms with Gasteiger partial charge in [-0.05, 0) is 28.5 Å². The van der Waals surface area contributed by atoms with Crippen molar-refractivity contribution in [2.45, 2.75) is 13.1 Å². The molecule has 7 heteroatoms. The summed E-state index contributed by atoms with van der Waals surface area (Å²) in [4.78, 5) is 19.1. The molecule has 1 aromatic carbocycles. The van der Waals surface area contributed by atoms with E-state index in [0.29, 0.717) is 19.6 Å². The number of hydrogen-bond donors (Lipinski definition) is 1. The molecule has 6 nitrogen and oxygen atoms in total. The molecule has 1 amide bonds. The Morgan fingerprint density at radius 3 is 2.68 bits per heavy atom. The first-order valence-electron chi connectivity index (χ1n) is 9.66. The number of nitrogens with zero attached hydrogens (tertiary/aromatic N) is 3. The normalized spacial score (nSPS) is 15.2. The molecule has 1 saturated heterocycles. The van der Waals surface area contributed by atoms with Crippen molar-refractivity contribution in [2.24, 2.45) is 0 Å². The zero-order valence-corrected chi connectivity index (χ0v) is 17.2. The quantitative estimate of drug-likeness (QED) is 0.693. The number of para-hydroxylation sites is 1. The van der Waals surface area contributed by atoms with Crippen molar-refractivity contribution < 1.29 is 14.6 Å². The van der Waals surface area contributed by atoms with Crippen LogP contribution >= 0.6 is 11.3 Å². The Hall–Kier alpha value is -1.93. The van der Waals surface area contributed by atoms with Gasteiger partial charge < -0.3 is 14.7 Å². The maximum Gasteiger partial charge on any atom is 0.236 e. The highest BCUT2D eigenvalue weighted by Crippen LogP contribution is 2.19. The second-order valence-corrected chi connectivity index (χ2v) is 7.81. The summed E-state index contributed by atoms with van der Waals surface area (Å²) in [5, 5.41) is 13.7. The van der Waals surface area contributed by atoms with Crippen molar-refractivity contribution in [3.05, 3.63) is 52.2 Å². The molecule has 2 aromatic rings. The number of aliphatic hydroxyl groups is 1. The summed E-state index contributed by atoms with van der Waals surface area (Å²) < 4.78 is 5.41. The molecular weight excluding hydrogens is 374 g/mol. The fourth-order valence-electron chi connectivity index (χ4n) is 3.52. The van der Waals surface area contributed by atoms with Crippen LogP contribution in [0.25, 0.3) is 0 Å².